The van der Waals surface area contributed by atoms with Gasteiger partial charge in [-0.15, -0.1) is 0 Å². The summed E-state index contributed by atoms with van der Waals surface area (Å²) in [5.41, 5.74) is 0. The van der Waals surface area contributed by atoms with E-state index < -0.39 is 0 Å². The minimum Gasteiger partial charge on any atom is -0.315 e. The van der Waals surface area contributed by atoms with E-state index in [1.807, 2.05) is 11.8 Å². The predicted octanol–water partition coefficient (Wildman–Crippen LogP) is 1.32. The molecule has 15 heavy (non-hydrogen) atoms. The molecule has 1 aliphatic rings. The molecular formula is C11H21N3S. The Morgan fingerprint density at radius 1 is 1.47 bits per heavy atom. The molecule has 0 saturated carbocycles. The second kappa shape index (κ2) is 7.98. The average Bonchev–Trinajstić information content (AvgIpc) is 2.53. The molecule has 1 fully saturated rings. The normalized spacial score (nSPS) is 20.5. The largest absolute Gasteiger partial charge is 0.315 e. The predicted molar refractivity (Wildman–Crippen MR) is 66.1 cm³/mol. The van der Waals surface area contributed by atoms with Gasteiger partial charge in [-0.1, -0.05) is 6.92 Å². The zero-order chi connectivity index (χ0) is 10.9. The number of hydrogen-bond donors (Lipinski definition) is 1. The number of nitrogens with one attached hydrogen (secondary N) is 1. The minimum atomic E-state index is 0.129. The molecule has 1 heterocycles. The van der Waals surface area contributed by atoms with Crippen LogP contribution in [0.4, 0.5) is 0 Å². The summed E-state index contributed by atoms with van der Waals surface area (Å²) in [7, 11) is 0. The first-order valence-electron chi connectivity index (χ1n) is 5.80. The van der Waals surface area contributed by atoms with Gasteiger partial charge in [0.1, 0.15) is 0 Å². The van der Waals surface area contributed by atoms with Gasteiger partial charge in [0, 0.05) is 19.6 Å². The lowest BCUT2D eigenvalue weighted by atomic mass is 10.2. The van der Waals surface area contributed by atoms with Gasteiger partial charge in [0.2, 0.25) is 0 Å². The second-order valence-electron chi connectivity index (χ2n) is 3.77. The van der Waals surface area contributed by atoms with Crippen molar-refractivity contribution in [3.63, 3.8) is 0 Å². The van der Waals surface area contributed by atoms with Crippen molar-refractivity contribution in [2.45, 2.75) is 25.8 Å². The molecule has 0 aliphatic carbocycles. The monoisotopic (exact) mass is 227 g/mol. The molecule has 4 heteroatoms. The molecule has 1 aliphatic heterocycles. The van der Waals surface area contributed by atoms with Crippen molar-refractivity contribution in [1.82, 2.24) is 10.2 Å². The first-order chi connectivity index (χ1) is 7.38. The highest BCUT2D eigenvalue weighted by molar-refractivity contribution is 7.99. The smallest absolute Gasteiger partial charge is 0.0986 e. The fraction of sp³-hybridized carbons (Fsp3) is 0.909. The molecule has 3 nitrogen and oxygen atoms in total. The molecule has 1 unspecified atom stereocenters. The van der Waals surface area contributed by atoms with Crippen LogP contribution < -0.4 is 5.32 Å². The summed E-state index contributed by atoms with van der Waals surface area (Å²) in [6, 6.07) is 2.57. The Hall–Kier alpha value is -0.240. The van der Waals surface area contributed by atoms with Gasteiger partial charge in [-0.2, -0.15) is 17.0 Å². The summed E-state index contributed by atoms with van der Waals surface area (Å²) in [5.74, 6) is 2.26. The van der Waals surface area contributed by atoms with Crippen molar-refractivity contribution in [2.75, 3.05) is 37.7 Å². The van der Waals surface area contributed by atoms with E-state index in [1.54, 1.807) is 0 Å². The zero-order valence-corrected chi connectivity index (χ0v) is 10.4. The number of nitrogens with zero attached hydrogens (tertiary/aromatic N) is 2. The summed E-state index contributed by atoms with van der Waals surface area (Å²) >= 11 is 1.93. The van der Waals surface area contributed by atoms with Crippen LogP contribution in [0.15, 0.2) is 0 Å². The molecule has 0 spiro atoms. The maximum atomic E-state index is 9.15. The SMILES string of the molecule is CCSCCC(C#N)N1CCCNCC1. The van der Waals surface area contributed by atoms with Crippen LogP contribution in [0.3, 0.4) is 0 Å². The Labute approximate surface area is 97.2 Å². The van der Waals surface area contributed by atoms with E-state index in [1.165, 1.54) is 6.42 Å². The number of rotatable bonds is 5. The zero-order valence-electron chi connectivity index (χ0n) is 9.54. The summed E-state index contributed by atoms with van der Waals surface area (Å²) in [4.78, 5) is 2.33. The van der Waals surface area contributed by atoms with Crippen LogP contribution >= 0.6 is 11.8 Å². The van der Waals surface area contributed by atoms with Gasteiger partial charge in [0.15, 0.2) is 0 Å². The van der Waals surface area contributed by atoms with Gasteiger partial charge in [0.05, 0.1) is 12.1 Å². The number of nitriles is 1. The molecule has 0 aromatic rings. The summed E-state index contributed by atoms with van der Waals surface area (Å²) in [6.07, 6.45) is 2.17. The van der Waals surface area contributed by atoms with Crippen molar-refractivity contribution >= 4 is 11.8 Å². The van der Waals surface area contributed by atoms with E-state index in [9.17, 15) is 0 Å². The first kappa shape index (κ1) is 12.8. The molecule has 1 atom stereocenters. The van der Waals surface area contributed by atoms with E-state index in [4.69, 9.17) is 5.26 Å². The third kappa shape index (κ3) is 4.87. The van der Waals surface area contributed by atoms with Crippen LogP contribution in [0.25, 0.3) is 0 Å². The molecule has 1 rings (SSSR count). The van der Waals surface area contributed by atoms with Crippen molar-refractivity contribution in [2.24, 2.45) is 0 Å². The van der Waals surface area contributed by atoms with E-state index in [2.05, 4.69) is 23.2 Å². The lowest BCUT2D eigenvalue weighted by Crippen LogP contribution is -2.37. The third-order valence-corrected chi connectivity index (χ3v) is 3.64. The lowest BCUT2D eigenvalue weighted by Gasteiger charge is -2.24. The van der Waals surface area contributed by atoms with E-state index in [-0.39, 0.29) is 6.04 Å². The van der Waals surface area contributed by atoms with Crippen molar-refractivity contribution in [1.29, 1.82) is 5.26 Å². The highest BCUT2D eigenvalue weighted by atomic mass is 32.2. The third-order valence-electron chi connectivity index (χ3n) is 2.70. The molecule has 1 N–H and O–H groups in total. The molecule has 0 amide bonds. The molecule has 1 saturated heterocycles. The van der Waals surface area contributed by atoms with Gasteiger partial charge >= 0.3 is 0 Å². The Kier molecular flexibility index (Phi) is 6.82. The van der Waals surface area contributed by atoms with Crippen LogP contribution in [-0.2, 0) is 0 Å². The summed E-state index contributed by atoms with van der Waals surface area (Å²) in [5, 5.41) is 12.5. The molecule has 0 aromatic heterocycles. The second-order valence-corrected chi connectivity index (χ2v) is 5.16. The first-order valence-corrected chi connectivity index (χ1v) is 6.96. The Morgan fingerprint density at radius 2 is 2.33 bits per heavy atom. The summed E-state index contributed by atoms with van der Waals surface area (Å²) in [6.45, 7) is 6.39. The summed E-state index contributed by atoms with van der Waals surface area (Å²) < 4.78 is 0. The Balaban J connectivity index is 2.31. The van der Waals surface area contributed by atoms with Gasteiger partial charge in [-0.25, -0.2) is 0 Å². The van der Waals surface area contributed by atoms with Crippen LogP contribution in [-0.4, -0.2) is 48.6 Å². The van der Waals surface area contributed by atoms with Crippen molar-refractivity contribution < 1.29 is 0 Å². The fourth-order valence-electron chi connectivity index (χ4n) is 1.85. The molecule has 0 radical (unpaired) electrons. The van der Waals surface area contributed by atoms with Crippen LogP contribution in [0.5, 0.6) is 0 Å². The van der Waals surface area contributed by atoms with Gasteiger partial charge < -0.3 is 5.32 Å². The fourth-order valence-corrected chi connectivity index (χ4v) is 2.52. The lowest BCUT2D eigenvalue weighted by molar-refractivity contribution is 0.246. The van der Waals surface area contributed by atoms with E-state index >= 15 is 0 Å². The van der Waals surface area contributed by atoms with Crippen LogP contribution in [0.2, 0.25) is 0 Å². The highest BCUT2D eigenvalue weighted by Gasteiger charge is 2.18. The Bertz CT molecular complexity index is 194. The number of hydrogen-bond acceptors (Lipinski definition) is 4. The van der Waals surface area contributed by atoms with Crippen LogP contribution in [0, 0.1) is 11.3 Å². The topological polar surface area (TPSA) is 39.1 Å². The average molecular weight is 227 g/mol. The molecule has 86 valence electrons. The quantitative estimate of drug-likeness (QED) is 0.719. The van der Waals surface area contributed by atoms with Crippen molar-refractivity contribution in [3.8, 4) is 6.07 Å². The maximum absolute atomic E-state index is 9.15. The minimum absolute atomic E-state index is 0.129. The molecular weight excluding hydrogens is 206 g/mol. The number of thioether (sulfide) groups is 1. The van der Waals surface area contributed by atoms with Gasteiger partial charge in [-0.3, -0.25) is 4.90 Å². The maximum Gasteiger partial charge on any atom is 0.0986 e. The van der Waals surface area contributed by atoms with E-state index in [0.29, 0.717) is 0 Å². The van der Waals surface area contributed by atoms with E-state index in [0.717, 1.165) is 44.1 Å². The standard InChI is InChI=1S/C11H21N3S/c1-2-15-9-4-11(10-12)14-7-3-5-13-6-8-14/h11,13H,2-9H2,1H3. The van der Waals surface area contributed by atoms with Crippen molar-refractivity contribution in [3.05, 3.63) is 0 Å². The molecule has 0 aromatic carbocycles. The Morgan fingerprint density at radius 3 is 3.07 bits per heavy atom. The molecule has 0 bridgehead atoms. The highest BCUT2D eigenvalue weighted by Crippen LogP contribution is 2.10. The van der Waals surface area contributed by atoms with Gasteiger partial charge in [-0.05, 0) is 30.9 Å². The van der Waals surface area contributed by atoms with Crippen LogP contribution in [0.1, 0.15) is 19.8 Å². The van der Waals surface area contributed by atoms with Gasteiger partial charge in [0.25, 0.3) is 0 Å².